The molecule has 0 spiro atoms. The highest BCUT2D eigenvalue weighted by molar-refractivity contribution is 5.94. The molecule has 178 valence electrons. The smallest absolute Gasteiger partial charge is 0.326 e. The molecule has 0 radical (unpaired) electrons. The van der Waals surface area contributed by atoms with Crippen LogP contribution >= 0.6 is 0 Å². The molecule has 0 bridgehead atoms. The average molecular weight is 448 g/mol. The van der Waals surface area contributed by atoms with E-state index in [9.17, 15) is 34.2 Å². The van der Waals surface area contributed by atoms with Gasteiger partial charge in [0.1, 0.15) is 24.2 Å². The van der Waals surface area contributed by atoms with Crippen LogP contribution in [0, 0.1) is 5.92 Å². The Morgan fingerprint density at radius 1 is 0.871 bits per heavy atom. The molecule has 0 aliphatic rings. The number of carbonyl (C=O) groups excluding carboxylic acids is 3. The number of aliphatic carboxylic acids is 2. The van der Waals surface area contributed by atoms with Crippen LogP contribution < -0.4 is 21.7 Å². The van der Waals surface area contributed by atoms with Gasteiger partial charge in [0.25, 0.3) is 0 Å². The minimum atomic E-state index is -1.57. The van der Waals surface area contributed by atoms with Crippen LogP contribution in [-0.4, -0.2) is 87.0 Å². The van der Waals surface area contributed by atoms with Crippen molar-refractivity contribution >= 4 is 29.7 Å². The van der Waals surface area contributed by atoms with Gasteiger partial charge in [-0.2, -0.15) is 0 Å². The van der Waals surface area contributed by atoms with E-state index >= 15 is 0 Å². The number of nitrogens with two attached hydrogens (primary N) is 1. The van der Waals surface area contributed by atoms with Crippen molar-refractivity contribution in [3.8, 4) is 0 Å². The van der Waals surface area contributed by atoms with Gasteiger partial charge in [0.05, 0.1) is 12.7 Å². The summed E-state index contributed by atoms with van der Waals surface area (Å²) < 4.78 is 0. The van der Waals surface area contributed by atoms with Gasteiger partial charge in [-0.3, -0.25) is 19.2 Å². The van der Waals surface area contributed by atoms with Crippen molar-refractivity contribution in [3.63, 3.8) is 0 Å². The molecule has 0 aliphatic heterocycles. The predicted molar refractivity (Wildman–Crippen MR) is 106 cm³/mol. The molecule has 0 fully saturated rings. The summed E-state index contributed by atoms with van der Waals surface area (Å²) in [5.74, 6) is -5.48. The second-order valence-electron chi connectivity index (χ2n) is 7.54. The zero-order chi connectivity index (χ0) is 24.3. The molecular formula is C18H32N4O9. The third-order valence-corrected chi connectivity index (χ3v) is 4.20. The SMILES string of the molecule is CC(C)CC(NC(=O)C(NC(=O)C(CCC(=O)O)NC(=O)C(N)CO)C(C)O)C(=O)O. The third kappa shape index (κ3) is 10.7. The summed E-state index contributed by atoms with van der Waals surface area (Å²) in [5, 5.41) is 43.6. The Hall–Kier alpha value is -2.77. The van der Waals surface area contributed by atoms with E-state index in [1.165, 1.54) is 6.92 Å². The van der Waals surface area contributed by atoms with E-state index in [-0.39, 0.29) is 18.8 Å². The van der Waals surface area contributed by atoms with E-state index in [2.05, 4.69) is 16.0 Å². The Balaban J connectivity index is 5.43. The van der Waals surface area contributed by atoms with Crippen molar-refractivity contribution < 1.29 is 44.4 Å². The maximum Gasteiger partial charge on any atom is 0.326 e. The molecule has 0 aromatic rings. The zero-order valence-electron chi connectivity index (χ0n) is 17.7. The lowest BCUT2D eigenvalue weighted by atomic mass is 10.0. The van der Waals surface area contributed by atoms with Crippen LogP contribution in [0.25, 0.3) is 0 Å². The van der Waals surface area contributed by atoms with Gasteiger partial charge in [0.15, 0.2) is 0 Å². The lowest BCUT2D eigenvalue weighted by molar-refractivity contribution is -0.143. The second kappa shape index (κ2) is 13.5. The number of rotatable bonds is 14. The van der Waals surface area contributed by atoms with Gasteiger partial charge in [-0.25, -0.2) is 4.79 Å². The highest BCUT2D eigenvalue weighted by Crippen LogP contribution is 2.07. The molecule has 0 aliphatic carbocycles. The molecule has 3 amide bonds. The summed E-state index contributed by atoms with van der Waals surface area (Å²) >= 11 is 0. The minimum absolute atomic E-state index is 0.0627. The Morgan fingerprint density at radius 3 is 1.84 bits per heavy atom. The number of aliphatic hydroxyl groups excluding tert-OH is 2. The van der Waals surface area contributed by atoms with E-state index in [0.29, 0.717) is 0 Å². The van der Waals surface area contributed by atoms with Crippen LogP contribution in [0.15, 0.2) is 0 Å². The zero-order valence-corrected chi connectivity index (χ0v) is 17.7. The molecule has 0 heterocycles. The van der Waals surface area contributed by atoms with Crippen LogP contribution in [0.3, 0.4) is 0 Å². The first-order valence-corrected chi connectivity index (χ1v) is 9.70. The topological polar surface area (TPSA) is 228 Å². The summed E-state index contributed by atoms with van der Waals surface area (Å²) in [4.78, 5) is 59.2. The van der Waals surface area contributed by atoms with Crippen molar-refractivity contribution in [2.24, 2.45) is 11.7 Å². The number of hydrogen-bond donors (Lipinski definition) is 8. The van der Waals surface area contributed by atoms with Gasteiger partial charge in [0, 0.05) is 6.42 Å². The highest BCUT2D eigenvalue weighted by atomic mass is 16.4. The fraction of sp³-hybridized carbons (Fsp3) is 0.722. The van der Waals surface area contributed by atoms with Crippen molar-refractivity contribution in [1.82, 2.24) is 16.0 Å². The molecule has 0 aromatic carbocycles. The molecule has 31 heavy (non-hydrogen) atoms. The molecule has 0 aromatic heterocycles. The predicted octanol–water partition coefficient (Wildman–Crippen LogP) is -2.86. The lowest BCUT2D eigenvalue weighted by Crippen LogP contribution is -2.60. The fourth-order valence-corrected chi connectivity index (χ4v) is 2.51. The minimum Gasteiger partial charge on any atom is -0.481 e. The van der Waals surface area contributed by atoms with E-state index in [1.807, 2.05) is 0 Å². The number of carboxylic acids is 2. The molecule has 0 saturated heterocycles. The maximum absolute atomic E-state index is 12.6. The Labute approximate surface area is 179 Å². The molecule has 0 saturated carbocycles. The summed E-state index contributed by atoms with van der Waals surface area (Å²) in [5.41, 5.74) is 5.37. The van der Waals surface area contributed by atoms with E-state index in [4.69, 9.17) is 15.9 Å². The van der Waals surface area contributed by atoms with Crippen LogP contribution in [0.4, 0.5) is 0 Å². The van der Waals surface area contributed by atoms with Crippen LogP contribution in [0.1, 0.15) is 40.0 Å². The van der Waals surface area contributed by atoms with E-state index < -0.39 is 73.0 Å². The maximum atomic E-state index is 12.6. The van der Waals surface area contributed by atoms with Crippen molar-refractivity contribution in [1.29, 1.82) is 0 Å². The first-order chi connectivity index (χ1) is 14.3. The van der Waals surface area contributed by atoms with Gasteiger partial charge < -0.3 is 42.1 Å². The van der Waals surface area contributed by atoms with Crippen LogP contribution in [0.5, 0.6) is 0 Å². The Kier molecular flexibility index (Phi) is 12.3. The molecule has 13 heteroatoms. The van der Waals surface area contributed by atoms with Gasteiger partial charge in [0.2, 0.25) is 17.7 Å². The molecule has 9 N–H and O–H groups in total. The summed E-state index contributed by atoms with van der Waals surface area (Å²) in [6.07, 6.45) is -2.19. The largest absolute Gasteiger partial charge is 0.481 e. The third-order valence-electron chi connectivity index (χ3n) is 4.20. The number of carbonyl (C=O) groups is 5. The fourth-order valence-electron chi connectivity index (χ4n) is 2.51. The summed E-state index contributed by atoms with van der Waals surface area (Å²) in [7, 11) is 0. The first kappa shape index (κ1) is 28.2. The number of hydrogen-bond acceptors (Lipinski definition) is 8. The molecule has 5 unspecified atom stereocenters. The monoisotopic (exact) mass is 448 g/mol. The summed E-state index contributed by atoms with van der Waals surface area (Å²) in [6, 6.07) is -5.61. The van der Waals surface area contributed by atoms with Crippen molar-refractivity contribution in [2.75, 3.05) is 6.61 Å². The lowest BCUT2D eigenvalue weighted by Gasteiger charge is -2.26. The standard InChI is InChI=1S/C18H32N4O9/c1-8(2)6-12(18(30)31)21-17(29)14(9(3)24)22-16(28)11(4-5-13(25)26)20-15(27)10(19)7-23/h8-12,14,23-24H,4-7,19H2,1-3H3,(H,20,27)(H,21,29)(H,22,28)(H,25,26)(H,30,31). The summed E-state index contributed by atoms with van der Waals surface area (Å²) in [6.45, 7) is 3.98. The Bertz CT molecular complexity index is 654. The number of amides is 3. The quantitative estimate of drug-likeness (QED) is 0.135. The molecule has 0 rings (SSSR count). The van der Waals surface area contributed by atoms with Crippen LogP contribution in [-0.2, 0) is 24.0 Å². The molecule has 5 atom stereocenters. The van der Waals surface area contributed by atoms with E-state index in [1.54, 1.807) is 13.8 Å². The van der Waals surface area contributed by atoms with Crippen molar-refractivity contribution in [2.45, 2.75) is 70.3 Å². The highest BCUT2D eigenvalue weighted by Gasteiger charge is 2.33. The number of aliphatic hydroxyl groups is 2. The van der Waals surface area contributed by atoms with Crippen molar-refractivity contribution in [3.05, 3.63) is 0 Å². The van der Waals surface area contributed by atoms with Gasteiger partial charge >= 0.3 is 11.9 Å². The molecule has 13 nitrogen and oxygen atoms in total. The number of carboxylic acid groups (broad SMARTS) is 2. The second-order valence-corrected chi connectivity index (χ2v) is 7.54. The van der Waals surface area contributed by atoms with Crippen LogP contribution in [0.2, 0.25) is 0 Å². The Morgan fingerprint density at radius 2 is 1.42 bits per heavy atom. The normalized spacial score (nSPS) is 15.8. The number of nitrogens with one attached hydrogen (secondary N) is 3. The average Bonchev–Trinajstić information content (AvgIpc) is 2.66. The van der Waals surface area contributed by atoms with Gasteiger partial charge in [-0.05, 0) is 25.7 Å². The molecular weight excluding hydrogens is 416 g/mol. The van der Waals surface area contributed by atoms with E-state index in [0.717, 1.165) is 0 Å². The van der Waals surface area contributed by atoms with Gasteiger partial charge in [-0.1, -0.05) is 13.8 Å². The van der Waals surface area contributed by atoms with Gasteiger partial charge in [-0.15, -0.1) is 0 Å². The first-order valence-electron chi connectivity index (χ1n) is 9.70.